The standard InChI is InChI=1S/C12H24N2O3/c1-3-9(8-15)13-12(16)14-10-5-4-6-11(7-10)17-2/h9-11,15H,3-8H2,1-2H3,(H2,13,14,16)/t9-,10+,11+/m0/s1. The lowest BCUT2D eigenvalue weighted by Gasteiger charge is -2.29. The predicted octanol–water partition coefficient (Wildman–Crippen LogP) is 1.01. The van der Waals surface area contributed by atoms with E-state index in [0.717, 1.165) is 32.1 Å². The molecule has 17 heavy (non-hydrogen) atoms. The summed E-state index contributed by atoms with van der Waals surface area (Å²) < 4.78 is 5.31. The smallest absolute Gasteiger partial charge is 0.315 e. The third-order valence-corrected chi connectivity index (χ3v) is 3.34. The molecule has 1 aliphatic rings. The minimum atomic E-state index is -0.187. The van der Waals surface area contributed by atoms with E-state index in [1.54, 1.807) is 7.11 Å². The lowest BCUT2D eigenvalue weighted by atomic mass is 9.93. The summed E-state index contributed by atoms with van der Waals surface area (Å²) in [6.45, 7) is 1.91. The molecule has 5 heteroatoms. The molecule has 0 heterocycles. The summed E-state index contributed by atoms with van der Waals surface area (Å²) in [6, 6.07) is -0.158. The monoisotopic (exact) mass is 244 g/mol. The van der Waals surface area contributed by atoms with E-state index in [1.165, 1.54) is 0 Å². The zero-order valence-corrected chi connectivity index (χ0v) is 10.7. The second-order valence-electron chi connectivity index (χ2n) is 4.63. The quantitative estimate of drug-likeness (QED) is 0.676. The zero-order valence-electron chi connectivity index (χ0n) is 10.7. The molecule has 3 N–H and O–H groups in total. The number of hydrogen-bond donors (Lipinski definition) is 3. The molecule has 0 aliphatic heterocycles. The maximum absolute atomic E-state index is 11.7. The first-order valence-electron chi connectivity index (χ1n) is 6.40. The van der Waals surface area contributed by atoms with Gasteiger partial charge in [0.2, 0.25) is 0 Å². The van der Waals surface area contributed by atoms with E-state index in [4.69, 9.17) is 9.84 Å². The number of nitrogens with one attached hydrogen (secondary N) is 2. The summed E-state index contributed by atoms with van der Waals surface area (Å²) in [7, 11) is 1.71. The van der Waals surface area contributed by atoms with Crippen LogP contribution < -0.4 is 10.6 Å². The van der Waals surface area contributed by atoms with Crippen molar-refractivity contribution in [1.82, 2.24) is 10.6 Å². The lowest BCUT2D eigenvalue weighted by Crippen LogP contribution is -2.49. The molecule has 1 saturated carbocycles. The Balaban J connectivity index is 2.30. The largest absolute Gasteiger partial charge is 0.394 e. The molecule has 0 unspecified atom stereocenters. The zero-order chi connectivity index (χ0) is 12.7. The van der Waals surface area contributed by atoms with Crippen molar-refractivity contribution in [2.45, 2.75) is 57.2 Å². The van der Waals surface area contributed by atoms with Crippen molar-refractivity contribution in [2.24, 2.45) is 0 Å². The Morgan fingerprint density at radius 2 is 2.29 bits per heavy atom. The van der Waals surface area contributed by atoms with E-state index in [9.17, 15) is 4.79 Å². The summed E-state index contributed by atoms with van der Waals surface area (Å²) in [6.07, 6.45) is 5.03. The molecule has 0 bridgehead atoms. The highest BCUT2D eigenvalue weighted by Crippen LogP contribution is 2.20. The molecule has 5 nitrogen and oxygen atoms in total. The Morgan fingerprint density at radius 1 is 1.53 bits per heavy atom. The molecule has 1 rings (SSSR count). The van der Waals surface area contributed by atoms with Crippen LogP contribution >= 0.6 is 0 Å². The van der Waals surface area contributed by atoms with Crippen LogP contribution in [0.3, 0.4) is 0 Å². The molecule has 0 saturated heterocycles. The van der Waals surface area contributed by atoms with Crippen LogP contribution in [0.1, 0.15) is 39.0 Å². The van der Waals surface area contributed by atoms with Gasteiger partial charge < -0.3 is 20.5 Å². The second kappa shape index (κ2) is 7.50. The molecule has 0 radical (unpaired) electrons. The first-order chi connectivity index (χ1) is 8.19. The van der Waals surface area contributed by atoms with Crippen LogP contribution in [-0.2, 0) is 4.74 Å². The summed E-state index contributed by atoms with van der Waals surface area (Å²) in [4.78, 5) is 11.7. The van der Waals surface area contributed by atoms with Gasteiger partial charge in [-0.1, -0.05) is 6.92 Å². The summed E-state index contributed by atoms with van der Waals surface area (Å²) in [5, 5.41) is 14.7. The Bertz CT molecular complexity index is 232. The number of ether oxygens (including phenoxy) is 1. The fourth-order valence-electron chi connectivity index (χ4n) is 2.18. The maximum atomic E-state index is 11.7. The third-order valence-electron chi connectivity index (χ3n) is 3.34. The minimum absolute atomic E-state index is 0.0186. The highest BCUT2D eigenvalue weighted by atomic mass is 16.5. The Morgan fingerprint density at radius 3 is 2.88 bits per heavy atom. The van der Waals surface area contributed by atoms with Gasteiger partial charge >= 0.3 is 6.03 Å². The molecule has 0 aromatic rings. The van der Waals surface area contributed by atoms with Crippen LogP contribution in [0.2, 0.25) is 0 Å². The normalized spacial score (nSPS) is 26.3. The van der Waals surface area contributed by atoms with Crippen molar-refractivity contribution in [1.29, 1.82) is 0 Å². The number of hydrogen-bond acceptors (Lipinski definition) is 3. The van der Waals surface area contributed by atoms with E-state index >= 15 is 0 Å². The van der Waals surface area contributed by atoms with Gasteiger partial charge in [0.25, 0.3) is 0 Å². The van der Waals surface area contributed by atoms with E-state index < -0.39 is 0 Å². The van der Waals surface area contributed by atoms with Crippen molar-refractivity contribution in [3.63, 3.8) is 0 Å². The molecule has 1 fully saturated rings. The topological polar surface area (TPSA) is 70.6 Å². The molecule has 100 valence electrons. The van der Waals surface area contributed by atoms with E-state index in [0.29, 0.717) is 0 Å². The second-order valence-corrected chi connectivity index (χ2v) is 4.63. The Hall–Kier alpha value is -0.810. The SMILES string of the molecule is CC[C@@H](CO)NC(=O)N[C@@H]1CCC[C@@H](OC)C1. The van der Waals surface area contributed by atoms with Crippen LogP contribution in [0.4, 0.5) is 4.79 Å². The van der Waals surface area contributed by atoms with Gasteiger partial charge in [-0.25, -0.2) is 4.79 Å². The van der Waals surface area contributed by atoms with E-state index in [2.05, 4.69) is 10.6 Å². The number of amides is 2. The fraction of sp³-hybridized carbons (Fsp3) is 0.917. The van der Waals surface area contributed by atoms with Crippen LogP contribution in [0.25, 0.3) is 0 Å². The first kappa shape index (κ1) is 14.3. The fourth-order valence-corrected chi connectivity index (χ4v) is 2.18. The van der Waals surface area contributed by atoms with Gasteiger partial charge in [-0.05, 0) is 32.1 Å². The third kappa shape index (κ3) is 4.91. The van der Waals surface area contributed by atoms with Crippen LogP contribution in [0.15, 0.2) is 0 Å². The lowest BCUT2D eigenvalue weighted by molar-refractivity contribution is 0.0602. The molecule has 0 spiro atoms. The van der Waals surface area contributed by atoms with Crippen molar-refractivity contribution in [2.75, 3.05) is 13.7 Å². The van der Waals surface area contributed by atoms with Crippen LogP contribution in [-0.4, -0.2) is 43.0 Å². The highest BCUT2D eigenvalue weighted by molar-refractivity contribution is 5.74. The molecule has 1 aliphatic carbocycles. The molecule has 0 aromatic carbocycles. The number of methoxy groups -OCH3 is 1. The Kier molecular flexibility index (Phi) is 6.29. The van der Waals surface area contributed by atoms with Gasteiger partial charge in [0.15, 0.2) is 0 Å². The average Bonchev–Trinajstić information content (AvgIpc) is 2.36. The molecule has 3 atom stereocenters. The van der Waals surface area contributed by atoms with Crippen molar-refractivity contribution in [3.05, 3.63) is 0 Å². The van der Waals surface area contributed by atoms with Crippen molar-refractivity contribution < 1.29 is 14.6 Å². The predicted molar refractivity (Wildman–Crippen MR) is 65.9 cm³/mol. The maximum Gasteiger partial charge on any atom is 0.315 e. The summed E-state index contributed by atoms with van der Waals surface area (Å²) in [5.74, 6) is 0. The van der Waals surface area contributed by atoms with E-state index in [1.807, 2.05) is 6.92 Å². The van der Waals surface area contributed by atoms with Gasteiger partial charge in [-0.3, -0.25) is 0 Å². The number of carbonyl (C=O) groups is 1. The van der Waals surface area contributed by atoms with Gasteiger partial charge in [0.1, 0.15) is 0 Å². The number of aliphatic hydroxyl groups excluding tert-OH is 1. The first-order valence-corrected chi connectivity index (χ1v) is 6.40. The molecular formula is C12H24N2O3. The minimum Gasteiger partial charge on any atom is -0.394 e. The van der Waals surface area contributed by atoms with Crippen molar-refractivity contribution >= 4 is 6.03 Å². The number of carbonyl (C=O) groups excluding carboxylic acids is 1. The van der Waals surface area contributed by atoms with Gasteiger partial charge in [-0.2, -0.15) is 0 Å². The van der Waals surface area contributed by atoms with Crippen molar-refractivity contribution in [3.8, 4) is 0 Å². The van der Waals surface area contributed by atoms with Gasteiger partial charge in [0, 0.05) is 13.2 Å². The number of aliphatic hydroxyl groups is 1. The highest BCUT2D eigenvalue weighted by Gasteiger charge is 2.23. The van der Waals surface area contributed by atoms with E-state index in [-0.39, 0.29) is 30.8 Å². The number of rotatable bonds is 5. The molecule has 0 aromatic heterocycles. The van der Waals surface area contributed by atoms with Crippen LogP contribution in [0, 0.1) is 0 Å². The van der Waals surface area contributed by atoms with Gasteiger partial charge in [-0.15, -0.1) is 0 Å². The number of urea groups is 1. The van der Waals surface area contributed by atoms with Gasteiger partial charge in [0.05, 0.1) is 18.8 Å². The molecular weight excluding hydrogens is 220 g/mol. The van der Waals surface area contributed by atoms with Crippen LogP contribution in [0.5, 0.6) is 0 Å². The Labute approximate surface area is 103 Å². The molecule has 2 amide bonds. The summed E-state index contributed by atoms with van der Waals surface area (Å²) >= 11 is 0. The summed E-state index contributed by atoms with van der Waals surface area (Å²) in [5.41, 5.74) is 0. The average molecular weight is 244 g/mol.